The van der Waals surface area contributed by atoms with E-state index in [1.54, 1.807) is 6.92 Å². The maximum atomic E-state index is 12.2. The maximum absolute atomic E-state index is 12.2. The number of tetrazole rings is 1. The molecule has 1 heterocycles. The third-order valence-electron chi connectivity index (χ3n) is 2.24. The van der Waals surface area contributed by atoms with Crippen molar-refractivity contribution in [2.24, 2.45) is 0 Å². The van der Waals surface area contributed by atoms with Crippen LogP contribution in [0.3, 0.4) is 0 Å². The number of hydrogen-bond donors (Lipinski definition) is 0. The first-order chi connectivity index (χ1) is 9.28. The van der Waals surface area contributed by atoms with E-state index in [2.05, 4.69) is 36.2 Å². The average Bonchev–Trinajstić information content (AvgIpc) is 2.79. The van der Waals surface area contributed by atoms with Crippen molar-refractivity contribution in [2.45, 2.75) is 18.7 Å². The highest BCUT2D eigenvalue weighted by atomic mass is 79.9. The monoisotopic (exact) mass is 370 g/mol. The Morgan fingerprint density at radius 2 is 2.10 bits per heavy atom. The molecule has 0 amide bonds. The molecule has 0 saturated heterocycles. The molecule has 108 valence electrons. The lowest BCUT2D eigenvalue weighted by Gasteiger charge is -2.12. The standard InChI is InChI=1S/C10H7BrClF3N4O/c1-5(12)9-16-17-18-19(9)6-2-3-8(7(11)4-6)20-10(13,14)15/h2-5H,1H3. The summed E-state index contributed by atoms with van der Waals surface area (Å²) in [5.41, 5.74) is 0.457. The van der Waals surface area contributed by atoms with Gasteiger partial charge in [-0.15, -0.1) is 29.9 Å². The number of rotatable bonds is 3. The second-order valence-corrected chi connectivity index (χ2v) is 5.24. The summed E-state index contributed by atoms with van der Waals surface area (Å²) < 4.78 is 41.8. The van der Waals surface area contributed by atoms with Crippen LogP contribution in [0.5, 0.6) is 5.75 Å². The predicted molar refractivity (Wildman–Crippen MR) is 67.8 cm³/mol. The van der Waals surface area contributed by atoms with E-state index in [1.807, 2.05) is 0 Å². The van der Waals surface area contributed by atoms with Gasteiger partial charge in [0.1, 0.15) is 5.75 Å². The first kappa shape index (κ1) is 15.0. The lowest BCUT2D eigenvalue weighted by molar-refractivity contribution is -0.274. The van der Waals surface area contributed by atoms with Crippen molar-refractivity contribution >= 4 is 27.5 Å². The van der Waals surface area contributed by atoms with Gasteiger partial charge < -0.3 is 4.74 Å². The molecule has 0 aliphatic rings. The molecule has 0 spiro atoms. The number of halogens is 5. The Labute approximate surface area is 124 Å². The third-order valence-corrected chi connectivity index (χ3v) is 3.05. The van der Waals surface area contributed by atoms with Gasteiger partial charge in [0.2, 0.25) is 0 Å². The van der Waals surface area contributed by atoms with Gasteiger partial charge in [-0.1, -0.05) is 0 Å². The Bertz CT molecular complexity index is 617. The van der Waals surface area contributed by atoms with E-state index >= 15 is 0 Å². The smallest absolute Gasteiger partial charge is 0.405 e. The minimum absolute atomic E-state index is 0.121. The SMILES string of the molecule is CC(Cl)c1nnnn1-c1ccc(OC(F)(F)F)c(Br)c1. The fourth-order valence-corrected chi connectivity index (χ4v) is 2.04. The fraction of sp³-hybridized carbons (Fsp3) is 0.300. The number of hydrogen-bond acceptors (Lipinski definition) is 4. The van der Waals surface area contributed by atoms with Crippen molar-refractivity contribution in [1.29, 1.82) is 0 Å². The van der Waals surface area contributed by atoms with Crippen LogP contribution < -0.4 is 4.74 Å². The molecule has 0 saturated carbocycles. The van der Waals surface area contributed by atoms with Gasteiger partial charge in [-0.25, -0.2) is 0 Å². The van der Waals surface area contributed by atoms with Gasteiger partial charge in [0.15, 0.2) is 5.82 Å². The van der Waals surface area contributed by atoms with E-state index in [0.717, 1.165) is 6.07 Å². The normalized spacial score (nSPS) is 13.3. The van der Waals surface area contributed by atoms with Crippen molar-refractivity contribution in [1.82, 2.24) is 20.2 Å². The summed E-state index contributed by atoms with van der Waals surface area (Å²) in [6.07, 6.45) is -4.76. The Balaban J connectivity index is 2.36. The van der Waals surface area contributed by atoms with Crippen LogP contribution in [0, 0.1) is 0 Å². The molecule has 5 nitrogen and oxygen atoms in total. The van der Waals surface area contributed by atoms with Crippen LogP contribution in [0.15, 0.2) is 22.7 Å². The summed E-state index contributed by atoms with van der Waals surface area (Å²) >= 11 is 8.92. The second kappa shape index (κ2) is 5.57. The first-order valence-corrected chi connectivity index (χ1v) is 6.49. The highest BCUT2D eigenvalue weighted by molar-refractivity contribution is 9.10. The summed E-state index contributed by atoms with van der Waals surface area (Å²) in [7, 11) is 0. The van der Waals surface area contributed by atoms with Gasteiger partial charge in [-0.05, 0) is 51.5 Å². The zero-order valence-electron chi connectivity index (χ0n) is 9.90. The summed E-state index contributed by atoms with van der Waals surface area (Å²) in [4.78, 5) is 0. The molecule has 10 heteroatoms. The Kier molecular flexibility index (Phi) is 4.19. The zero-order valence-corrected chi connectivity index (χ0v) is 12.2. The summed E-state index contributed by atoms with van der Waals surface area (Å²) in [5, 5.41) is 10.5. The molecular formula is C10H7BrClF3N4O. The van der Waals surface area contributed by atoms with Crippen LogP contribution in [0.4, 0.5) is 13.2 Å². The molecule has 2 aromatic rings. The van der Waals surface area contributed by atoms with Gasteiger partial charge in [0.05, 0.1) is 15.5 Å². The molecule has 2 rings (SSSR count). The topological polar surface area (TPSA) is 52.8 Å². The summed E-state index contributed by atoms with van der Waals surface area (Å²) in [6, 6.07) is 3.96. The van der Waals surface area contributed by atoms with E-state index in [0.29, 0.717) is 11.5 Å². The van der Waals surface area contributed by atoms with Crippen molar-refractivity contribution in [3.05, 3.63) is 28.5 Å². The van der Waals surface area contributed by atoms with E-state index < -0.39 is 11.7 Å². The van der Waals surface area contributed by atoms with Crippen molar-refractivity contribution in [3.63, 3.8) is 0 Å². The van der Waals surface area contributed by atoms with Gasteiger partial charge in [-0.2, -0.15) is 4.68 Å². The zero-order chi connectivity index (χ0) is 14.9. The minimum Gasteiger partial charge on any atom is -0.405 e. The first-order valence-electron chi connectivity index (χ1n) is 5.26. The molecule has 1 aromatic carbocycles. The maximum Gasteiger partial charge on any atom is 0.573 e. The Hall–Kier alpha value is -1.35. The molecular weight excluding hydrogens is 364 g/mol. The molecule has 1 atom stereocenters. The van der Waals surface area contributed by atoms with Crippen molar-refractivity contribution < 1.29 is 17.9 Å². The van der Waals surface area contributed by atoms with Gasteiger partial charge >= 0.3 is 6.36 Å². The molecule has 20 heavy (non-hydrogen) atoms. The summed E-state index contributed by atoms with van der Waals surface area (Å²) in [5.74, 6) is 0.0258. The third kappa shape index (κ3) is 3.40. The minimum atomic E-state index is -4.76. The van der Waals surface area contributed by atoms with E-state index in [1.165, 1.54) is 16.8 Å². The fourth-order valence-electron chi connectivity index (χ4n) is 1.45. The van der Waals surface area contributed by atoms with E-state index in [4.69, 9.17) is 11.6 Å². The van der Waals surface area contributed by atoms with Crippen LogP contribution in [0.25, 0.3) is 5.69 Å². The number of aromatic nitrogens is 4. The van der Waals surface area contributed by atoms with E-state index in [-0.39, 0.29) is 10.2 Å². The van der Waals surface area contributed by atoms with Crippen LogP contribution in [0.1, 0.15) is 18.1 Å². The molecule has 0 fully saturated rings. The number of alkyl halides is 4. The number of ether oxygens (including phenoxy) is 1. The molecule has 0 radical (unpaired) electrons. The Morgan fingerprint density at radius 1 is 1.40 bits per heavy atom. The molecule has 1 unspecified atom stereocenters. The predicted octanol–water partition coefficient (Wildman–Crippen LogP) is 3.62. The van der Waals surface area contributed by atoms with E-state index in [9.17, 15) is 13.2 Å². The van der Waals surface area contributed by atoms with Crippen LogP contribution in [-0.4, -0.2) is 26.6 Å². The van der Waals surface area contributed by atoms with Gasteiger partial charge in [0, 0.05) is 0 Å². The molecule has 1 aromatic heterocycles. The highest BCUT2D eigenvalue weighted by Crippen LogP contribution is 2.32. The molecule has 0 bridgehead atoms. The van der Waals surface area contributed by atoms with Crippen LogP contribution in [0.2, 0.25) is 0 Å². The molecule has 0 aliphatic heterocycles. The lowest BCUT2D eigenvalue weighted by atomic mass is 10.3. The number of benzene rings is 1. The second-order valence-electron chi connectivity index (χ2n) is 3.73. The average molecular weight is 372 g/mol. The lowest BCUT2D eigenvalue weighted by Crippen LogP contribution is -2.17. The van der Waals surface area contributed by atoms with Crippen molar-refractivity contribution in [3.8, 4) is 11.4 Å². The van der Waals surface area contributed by atoms with Gasteiger partial charge in [0.25, 0.3) is 0 Å². The quantitative estimate of drug-likeness (QED) is 0.773. The van der Waals surface area contributed by atoms with Gasteiger partial charge in [-0.3, -0.25) is 0 Å². The molecule has 0 N–H and O–H groups in total. The molecule has 0 aliphatic carbocycles. The van der Waals surface area contributed by atoms with Crippen LogP contribution >= 0.6 is 27.5 Å². The Morgan fingerprint density at radius 3 is 2.65 bits per heavy atom. The van der Waals surface area contributed by atoms with Crippen LogP contribution in [-0.2, 0) is 0 Å². The largest absolute Gasteiger partial charge is 0.573 e. The van der Waals surface area contributed by atoms with Crippen molar-refractivity contribution in [2.75, 3.05) is 0 Å². The highest BCUT2D eigenvalue weighted by Gasteiger charge is 2.32. The number of nitrogens with zero attached hydrogens (tertiary/aromatic N) is 4. The summed E-state index contributed by atoms with van der Waals surface area (Å²) in [6.45, 7) is 1.68.